The Hall–Kier alpha value is 0. The summed E-state index contributed by atoms with van der Waals surface area (Å²) in [5.74, 6) is 4.44. The number of hydrogen-bond donors (Lipinski definition) is 0. The minimum atomic E-state index is 0.648. The lowest BCUT2D eigenvalue weighted by atomic mass is 9.62. The molecular formula is C17H30. The molecule has 3 aliphatic rings. The van der Waals surface area contributed by atoms with E-state index in [1.165, 1.54) is 25.7 Å². The second kappa shape index (κ2) is 4.59. The Morgan fingerprint density at radius 3 is 1.82 bits per heavy atom. The molecule has 4 unspecified atom stereocenters. The highest BCUT2D eigenvalue weighted by molar-refractivity contribution is 4.89. The fourth-order valence-electron chi connectivity index (χ4n) is 5.24. The first kappa shape index (κ1) is 12.1. The summed E-state index contributed by atoms with van der Waals surface area (Å²) in [5.41, 5.74) is 0.648. The van der Waals surface area contributed by atoms with E-state index in [4.69, 9.17) is 0 Å². The zero-order chi connectivity index (χ0) is 11.9. The van der Waals surface area contributed by atoms with Crippen LogP contribution in [0.5, 0.6) is 0 Å². The Balaban J connectivity index is 1.66. The van der Waals surface area contributed by atoms with Gasteiger partial charge in [0, 0.05) is 0 Å². The van der Waals surface area contributed by atoms with Crippen LogP contribution < -0.4 is 0 Å². The van der Waals surface area contributed by atoms with Gasteiger partial charge < -0.3 is 0 Å². The van der Waals surface area contributed by atoms with Crippen LogP contribution >= 0.6 is 0 Å². The van der Waals surface area contributed by atoms with Crippen LogP contribution in [-0.2, 0) is 0 Å². The van der Waals surface area contributed by atoms with Crippen molar-refractivity contribution in [3.8, 4) is 0 Å². The summed E-state index contributed by atoms with van der Waals surface area (Å²) < 4.78 is 0. The minimum absolute atomic E-state index is 0.648. The third-order valence-corrected chi connectivity index (χ3v) is 6.31. The van der Waals surface area contributed by atoms with E-state index in [0.29, 0.717) is 5.41 Å². The highest BCUT2D eigenvalue weighted by atomic mass is 14.4. The van der Waals surface area contributed by atoms with Crippen LogP contribution in [0.2, 0.25) is 0 Å². The van der Waals surface area contributed by atoms with Gasteiger partial charge >= 0.3 is 0 Å². The van der Waals surface area contributed by atoms with Gasteiger partial charge in [0.1, 0.15) is 0 Å². The van der Waals surface area contributed by atoms with E-state index in [2.05, 4.69) is 13.8 Å². The van der Waals surface area contributed by atoms with Gasteiger partial charge in [0.25, 0.3) is 0 Å². The molecule has 0 aromatic rings. The molecule has 0 aromatic heterocycles. The third-order valence-electron chi connectivity index (χ3n) is 6.31. The van der Waals surface area contributed by atoms with Gasteiger partial charge in [-0.25, -0.2) is 0 Å². The van der Waals surface area contributed by atoms with Gasteiger partial charge in [-0.05, 0) is 74.0 Å². The zero-order valence-electron chi connectivity index (χ0n) is 11.9. The SMILES string of the molecule is CC1(C)CCC2CCC3CCCC3CCC2C1. The van der Waals surface area contributed by atoms with E-state index in [-0.39, 0.29) is 0 Å². The van der Waals surface area contributed by atoms with Crippen molar-refractivity contribution >= 4 is 0 Å². The van der Waals surface area contributed by atoms with Crippen molar-refractivity contribution in [2.24, 2.45) is 29.1 Å². The predicted molar refractivity (Wildman–Crippen MR) is 73.9 cm³/mol. The van der Waals surface area contributed by atoms with E-state index < -0.39 is 0 Å². The Kier molecular flexibility index (Phi) is 3.26. The molecule has 3 saturated carbocycles. The van der Waals surface area contributed by atoms with Gasteiger partial charge in [0.05, 0.1) is 0 Å². The highest BCUT2D eigenvalue weighted by Gasteiger charge is 2.38. The molecule has 3 aliphatic carbocycles. The maximum Gasteiger partial charge on any atom is -0.0351 e. The Labute approximate surface area is 108 Å². The first-order valence-corrected chi connectivity index (χ1v) is 8.14. The van der Waals surface area contributed by atoms with E-state index in [9.17, 15) is 0 Å². The summed E-state index contributed by atoms with van der Waals surface area (Å²) in [6, 6.07) is 0. The Morgan fingerprint density at radius 1 is 0.647 bits per heavy atom. The fraction of sp³-hybridized carbons (Fsp3) is 1.00. The Morgan fingerprint density at radius 2 is 1.18 bits per heavy atom. The molecule has 0 aromatic carbocycles. The molecule has 0 heteroatoms. The smallest absolute Gasteiger partial charge is 0.0351 e. The van der Waals surface area contributed by atoms with Gasteiger partial charge in [-0.3, -0.25) is 0 Å². The standard InChI is InChI=1S/C17H30/c1-17(2)11-10-15-7-6-13-4-3-5-14(13)8-9-16(15)12-17/h13-16H,3-12H2,1-2H3. The van der Waals surface area contributed by atoms with Crippen LogP contribution in [0.15, 0.2) is 0 Å². The molecule has 0 heterocycles. The molecule has 0 saturated heterocycles. The van der Waals surface area contributed by atoms with Gasteiger partial charge in [0.15, 0.2) is 0 Å². The van der Waals surface area contributed by atoms with E-state index >= 15 is 0 Å². The normalized spacial score (nSPS) is 45.5. The van der Waals surface area contributed by atoms with Gasteiger partial charge in [0.2, 0.25) is 0 Å². The minimum Gasteiger partial charge on any atom is -0.0599 e. The summed E-state index contributed by atoms with van der Waals surface area (Å²) >= 11 is 0. The maximum atomic E-state index is 2.50. The molecule has 0 nitrogen and oxygen atoms in total. The van der Waals surface area contributed by atoms with Crippen LogP contribution in [0.4, 0.5) is 0 Å². The summed E-state index contributed by atoms with van der Waals surface area (Å²) in [6.07, 6.45) is 15.5. The van der Waals surface area contributed by atoms with Crippen molar-refractivity contribution in [2.45, 2.75) is 78.1 Å². The van der Waals surface area contributed by atoms with Crippen LogP contribution in [0.25, 0.3) is 0 Å². The molecule has 0 aliphatic heterocycles. The number of hydrogen-bond acceptors (Lipinski definition) is 0. The summed E-state index contributed by atoms with van der Waals surface area (Å²) in [6.45, 7) is 5.00. The van der Waals surface area contributed by atoms with Crippen LogP contribution in [0, 0.1) is 29.1 Å². The third kappa shape index (κ3) is 2.56. The van der Waals surface area contributed by atoms with Gasteiger partial charge in [-0.15, -0.1) is 0 Å². The molecule has 0 spiro atoms. The first-order chi connectivity index (χ1) is 8.14. The summed E-state index contributed by atoms with van der Waals surface area (Å²) in [5, 5.41) is 0. The topological polar surface area (TPSA) is 0 Å². The van der Waals surface area contributed by atoms with Crippen LogP contribution in [0.3, 0.4) is 0 Å². The Bertz CT molecular complexity index is 265. The largest absolute Gasteiger partial charge is 0.0599 e. The van der Waals surface area contributed by atoms with Crippen molar-refractivity contribution in [3.63, 3.8) is 0 Å². The first-order valence-electron chi connectivity index (χ1n) is 8.14. The quantitative estimate of drug-likeness (QED) is 0.525. The average molecular weight is 234 g/mol. The van der Waals surface area contributed by atoms with Crippen molar-refractivity contribution in [1.82, 2.24) is 0 Å². The zero-order valence-corrected chi connectivity index (χ0v) is 11.9. The fourth-order valence-corrected chi connectivity index (χ4v) is 5.24. The second-order valence-corrected chi connectivity index (χ2v) is 8.03. The molecule has 0 bridgehead atoms. The highest BCUT2D eigenvalue weighted by Crippen LogP contribution is 2.50. The molecule has 98 valence electrons. The maximum absolute atomic E-state index is 2.50. The van der Waals surface area contributed by atoms with Gasteiger partial charge in [-0.1, -0.05) is 33.1 Å². The lowest BCUT2D eigenvalue weighted by molar-refractivity contribution is 0.0798. The van der Waals surface area contributed by atoms with E-state index in [1.54, 1.807) is 38.5 Å². The summed E-state index contributed by atoms with van der Waals surface area (Å²) in [4.78, 5) is 0. The van der Waals surface area contributed by atoms with E-state index in [0.717, 1.165) is 23.7 Å². The number of fused-ring (bicyclic) bond motifs is 2. The second-order valence-electron chi connectivity index (χ2n) is 8.03. The van der Waals surface area contributed by atoms with Crippen molar-refractivity contribution < 1.29 is 0 Å². The molecular weight excluding hydrogens is 204 g/mol. The lowest BCUT2D eigenvalue weighted by Crippen LogP contribution is -2.32. The molecule has 3 rings (SSSR count). The van der Waals surface area contributed by atoms with Crippen molar-refractivity contribution in [2.75, 3.05) is 0 Å². The molecule has 17 heavy (non-hydrogen) atoms. The molecule has 0 N–H and O–H groups in total. The van der Waals surface area contributed by atoms with Crippen LogP contribution in [0.1, 0.15) is 78.1 Å². The number of rotatable bonds is 0. The van der Waals surface area contributed by atoms with Crippen molar-refractivity contribution in [3.05, 3.63) is 0 Å². The van der Waals surface area contributed by atoms with Crippen molar-refractivity contribution in [1.29, 1.82) is 0 Å². The van der Waals surface area contributed by atoms with Gasteiger partial charge in [-0.2, -0.15) is 0 Å². The molecule has 4 atom stereocenters. The average Bonchev–Trinajstić information content (AvgIpc) is 2.68. The van der Waals surface area contributed by atoms with E-state index in [1.807, 2.05) is 0 Å². The summed E-state index contributed by atoms with van der Waals surface area (Å²) in [7, 11) is 0. The van der Waals surface area contributed by atoms with Crippen LogP contribution in [-0.4, -0.2) is 0 Å². The predicted octanol–water partition coefficient (Wildman–Crippen LogP) is 5.42. The lowest BCUT2D eigenvalue weighted by Gasteiger charge is -2.43. The molecule has 3 fully saturated rings. The monoisotopic (exact) mass is 234 g/mol. The molecule has 0 radical (unpaired) electrons. The molecule has 0 amide bonds.